The molecule has 0 saturated carbocycles. The second-order valence-electron chi connectivity index (χ2n) is 7.18. The van der Waals surface area contributed by atoms with Gasteiger partial charge < -0.3 is 4.98 Å². The summed E-state index contributed by atoms with van der Waals surface area (Å²) in [6, 6.07) is 24.6. The lowest BCUT2D eigenvalue weighted by molar-refractivity contribution is 0.547. The van der Waals surface area contributed by atoms with Crippen LogP contribution in [-0.4, -0.2) is 24.4 Å². The van der Waals surface area contributed by atoms with Gasteiger partial charge in [-0.3, -0.25) is 0 Å². The molecule has 0 aliphatic carbocycles. The number of aromatic nitrogens is 2. The van der Waals surface area contributed by atoms with Gasteiger partial charge in [0.05, 0.1) is 15.9 Å². The van der Waals surface area contributed by atoms with E-state index in [1.165, 1.54) is 5.56 Å². The van der Waals surface area contributed by atoms with Crippen LogP contribution in [0.3, 0.4) is 0 Å². The molecule has 3 aromatic carbocycles. The second kappa shape index (κ2) is 8.19. The Morgan fingerprint density at radius 1 is 0.966 bits per heavy atom. The first kappa shape index (κ1) is 19.4. The largest absolute Gasteiger partial charge is 0.338 e. The van der Waals surface area contributed by atoms with Crippen molar-refractivity contribution in [2.24, 2.45) is 0 Å². The van der Waals surface area contributed by atoms with Crippen LogP contribution in [-0.2, 0) is 16.4 Å². The van der Waals surface area contributed by atoms with Gasteiger partial charge in [-0.2, -0.15) is 0 Å². The Hall–Kier alpha value is -2.96. The number of fused-ring (bicyclic) bond motifs is 1. The Kier molecular flexibility index (Phi) is 5.47. The molecule has 0 amide bonds. The first-order valence-corrected chi connectivity index (χ1v) is 11.1. The molecule has 0 fully saturated rings. The molecule has 0 radical (unpaired) electrons. The number of aryl methyl sites for hydroxylation is 1. The van der Waals surface area contributed by atoms with Gasteiger partial charge in [-0.15, -0.1) is 0 Å². The van der Waals surface area contributed by atoms with E-state index in [1.807, 2.05) is 55.5 Å². The highest BCUT2D eigenvalue weighted by Crippen LogP contribution is 2.23. The standard InChI is InChI=1S/C23H23N3O2S/c1-17(12-13-18-8-4-2-5-9-18)26-29(27,28)20-14-15-21-22(16-20)25-23(24-21)19-10-6-3-7-11-19/h2-11,14-17,26H,12-13H2,1H3,(H,24,25). The van der Waals surface area contributed by atoms with E-state index in [2.05, 4.69) is 26.8 Å². The first-order valence-electron chi connectivity index (χ1n) is 9.63. The maximum Gasteiger partial charge on any atom is 0.240 e. The van der Waals surface area contributed by atoms with Crippen LogP contribution in [0.2, 0.25) is 0 Å². The quantitative estimate of drug-likeness (QED) is 0.474. The summed E-state index contributed by atoms with van der Waals surface area (Å²) in [5.41, 5.74) is 3.59. The number of hydrogen-bond donors (Lipinski definition) is 2. The van der Waals surface area contributed by atoms with Gasteiger partial charge in [0.2, 0.25) is 10.0 Å². The van der Waals surface area contributed by atoms with Crippen molar-refractivity contribution in [3.05, 3.63) is 84.4 Å². The summed E-state index contributed by atoms with van der Waals surface area (Å²) in [6.07, 6.45) is 1.55. The maximum atomic E-state index is 12.8. The number of aromatic amines is 1. The summed E-state index contributed by atoms with van der Waals surface area (Å²) in [7, 11) is -3.61. The van der Waals surface area contributed by atoms with Crippen LogP contribution in [0.4, 0.5) is 0 Å². The molecule has 0 spiro atoms. The highest BCUT2D eigenvalue weighted by molar-refractivity contribution is 7.89. The molecule has 1 aromatic heterocycles. The predicted octanol–water partition coefficient (Wildman–Crippen LogP) is 4.53. The number of benzene rings is 3. The summed E-state index contributed by atoms with van der Waals surface area (Å²) in [5, 5.41) is 0. The van der Waals surface area contributed by atoms with Crippen LogP contribution >= 0.6 is 0 Å². The minimum absolute atomic E-state index is 0.169. The molecule has 1 unspecified atom stereocenters. The van der Waals surface area contributed by atoms with E-state index in [0.29, 0.717) is 5.52 Å². The highest BCUT2D eigenvalue weighted by atomic mass is 32.2. The van der Waals surface area contributed by atoms with E-state index in [9.17, 15) is 8.42 Å². The van der Waals surface area contributed by atoms with Crippen LogP contribution in [0.25, 0.3) is 22.4 Å². The van der Waals surface area contributed by atoms with Crippen molar-refractivity contribution in [2.45, 2.75) is 30.7 Å². The Bertz CT molecular complexity index is 1200. The molecule has 1 atom stereocenters. The maximum absolute atomic E-state index is 12.8. The number of rotatable bonds is 7. The molecule has 0 bridgehead atoms. The van der Waals surface area contributed by atoms with Gasteiger partial charge in [0.15, 0.2) is 0 Å². The zero-order valence-electron chi connectivity index (χ0n) is 16.2. The molecule has 1 heterocycles. The van der Waals surface area contributed by atoms with Crippen molar-refractivity contribution in [1.82, 2.24) is 14.7 Å². The van der Waals surface area contributed by atoms with Crippen LogP contribution < -0.4 is 4.72 Å². The van der Waals surface area contributed by atoms with E-state index >= 15 is 0 Å². The van der Waals surface area contributed by atoms with Crippen molar-refractivity contribution in [1.29, 1.82) is 0 Å². The molecule has 148 valence electrons. The number of nitrogens with zero attached hydrogens (tertiary/aromatic N) is 1. The highest BCUT2D eigenvalue weighted by Gasteiger charge is 2.18. The summed E-state index contributed by atoms with van der Waals surface area (Å²) in [5.74, 6) is 0.722. The van der Waals surface area contributed by atoms with Crippen molar-refractivity contribution in [3.8, 4) is 11.4 Å². The smallest absolute Gasteiger partial charge is 0.240 e. The van der Waals surface area contributed by atoms with Gasteiger partial charge >= 0.3 is 0 Å². The molecular weight excluding hydrogens is 382 g/mol. The average molecular weight is 406 g/mol. The van der Waals surface area contributed by atoms with Crippen molar-refractivity contribution in [2.75, 3.05) is 0 Å². The van der Waals surface area contributed by atoms with Gasteiger partial charge in [-0.05, 0) is 43.5 Å². The molecule has 5 nitrogen and oxygen atoms in total. The van der Waals surface area contributed by atoms with Crippen LogP contribution in [0.5, 0.6) is 0 Å². The lowest BCUT2D eigenvalue weighted by Crippen LogP contribution is -2.32. The summed E-state index contributed by atoms with van der Waals surface area (Å²) in [6.45, 7) is 1.89. The van der Waals surface area contributed by atoms with E-state index in [4.69, 9.17) is 0 Å². The number of imidazole rings is 1. The second-order valence-corrected chi connectivity index (χ2v) is 8.89. The summed E-state index contributed by atoms with van der Waals surface area (Å²) < 4.78 is 28.4. The average Bonchev–Trinajstić information content (AvgIpc) is 3.17. The van der Waals surface area contributed by atoms with E-state index in [-0.39, 0.29) is 10.9 Å². The molecule has 29 heavy (non-hydrogen) atoms. The predicted molar refractivity (Wildman–Crippen MR) is 116 cm³/mol. The van der Waals surface area contributed by atoms with E-state index < -0.39 is 10.0 Å². The van der Waals surface area contributed by atoms with E-state index in [1.54, 1.807) is 18.2 Å². The third-order valence-corrected chi connectivity index (χ3v) is 6.46. The van der Waals surface area contributed by atoms with Gasteiger partial charge in [-0.25, -0.2) is 18.1 Å². The van der Waals surface area contributed by atoms with Gasteiger partial charge in [0, 0.05) is 11.6 Å². The monoisotopic (exact) mass is 405 g/mol. The first-order chi connectivity index (χ1) is 14.0. The molecular formula is C23H23N3O2S. The fourth-order valence-corrected chi connectivity index (χ4v) is 4.61. The minimum Gasteiger partial charge on any atom is -0.338 e. The lowest BCUT2D eigenvalue weighted by Gasteiger charge is -2.14. The van der Waals surface area contributed by atoms with Crippen LogP contribution in [0.15, 0.2) is 83.8 Å². The lowest BCUT2D eigenvalue weighted by atomic mass is 10.1. The molecule has 4 rings (SSSR count). The van der Waals surface area contributed by atoms with Crippen LogP contribution in [0, 0.1) is 0 Å². The summed E-state index contributed by atoms with van der Waals surface area (Å²) >= 11 is 0. The molecule has 6 heteroatoms. The fraction of sp³-hybridized carbons (Fsp3) is 0.174. The minimum atomic E-state index is -3.61. The Morgan fingerprint density at radius 2 is 1.66 bits per heavy atom. The third kappa shape index (κ3) is 4.55. The number of sulfonamides is 1. The number of nitrogens with one attached hydrogen (secondary N) is 2. The van der Waals surface area contributed by atoms with Crippen molar-refractivity contribution < 1.29 is 8.42 Å². The van der Waals surface area contributed by atoms with Crippen LogP contribution in [0.1, 0.15) is 18.9 Å². The Balaban J connectivity index is 1.50. The van der Waals surface area contributed by atoms with Gasteiger partial charge in [0.1, 0.15) is 5.82 Å². The third-order valence-electron chi connectivity index (χ3n) is 4.88. The zero-order valence-corrected chi connectivity index (χ0v) is 17.0. The molecule has 2 N–H and O–H groups in total. The molecule has 4 aromatic rings. The SMILES string of the molecule is CC(CCc1ccccc1)NS(=O)(=O)c1ccc2nc(-c3ccccc3)[nH]c2c1. The zero-order chi connectivity index (χ0) is 20.3. The number of H-pyrrole nitrogens is 1. The van der Waals surface area contributed by atoms with E-state index in [0.717, 1.165) is 29.7 Å². The number of hydrogen-bond acceptors (Lipinski definition) is 3. The van der Waals surface area contributed by atoms with Gasteiger partial charge in [-0.1, -0.05) is 60.7 Å². The fourth-order valence-electron chi connectivity index (χ4n) is 3.31. The van der Waals surface area contributed by atoms with Crippen molar-refractivity contribution in [3.63, 3.8) is 0 Å². The van der Waals surface area contributed by atoms with Gasteiger partial charge in [0.25, 0.3) is 0 Å². The topological polar surface area (TPSA) is 74.8 Å². The normalized spacial score (nSPS) is 12.9. The summed E-state index contributed by atoms with van der Waals surface area (Å²) in [4.78, 5) is 8.02. The Labute approximate surface area is 170 Å². The molecule has 0 aliphatic heterocycles. The van der Waals surface area contributed by atoms with Crippen molar-refractivity contribution >= 4 is 21.1 Å². The Morgan fingerprint density at radius 3 is 2.38 bits per heavy atom. The molecule has 0 saturated heterocycles. The molecule has 0 aliphatic rings.